The highest BCUT2D eigenvalue weighted by Crippen LogP contribution is 2.09. The van der Waals surface area contributed by atoms with Gasteiger partial charge in [-0.3, -0.25) is 0 Å². The third-order valence-corrected chi connectivity index (χ3v) is 1.79. The zero-order chi connectivity index (χ0) is 6.69. The van der Waals surface area contributed by atoms with Crippen molar-refractivity contribution in [3.05, 3.63) is 21.6 Å². The maximum Gasteiger partial charge on any atom is 0.0901 e. The third-order valence-electron chi connectivity index (χ3n) is 0.871. The van der Waals surface area contributed by atoms with E-state index < -0.39 is 0 Å². The highest BCUT2D eigenvalue weighted by molar-refractivity contribution is 7.09. The first-order valence-electron chi connectivity index (χ1n) is 2.52. The number of hydrogen-bond donors (Lipinski definition) is 0. The smallest absolute Gasteiger partial charge is 0.0901 e. The van der Waals surface area contributed by atoms with Crippen molar-refractivity contribution in [2.24, 2.45) is 0 Å². The average molecular weight is 160 g/mol. The van der Waals surface area contributed by atoms with Crippen LogP contribution in [0.4, 0.5) is 0 Å². The summed E-state index contributed by atoms with van der Waals surface area (Å²) in [6, 6.07) is 0. The molecule has 9 heavy (non-hydrogen) atoms. The van der Waals surface area contributed by atoms with Crippen LogP contribution in [-0.4, -0.2) is 4.98 Å². The van der Waals surface area contributed by atoms with Gasteiger partial charge in [0.1, 0.15) is 0 Å². The Bertz CT molecular complexity index is 217. The van der Waals surface area contributed by atoms with Crippen molar-refractivity contribution in [2.75, 3.05) is 0 Å². The SMILES string of the molecule is Cc1nc(C=CCl)cs1. The zero-order valence-corrected chi connectivity index (χ0v) is 6.54. The lowest BCUT2D eigenvalue weighted by Crippen LogP contribution is -1.68. The first kappa shape index (κ1) is 6.78. The first-order valence-corrected chi connectivity index (χ1v) is 3.83. The second-order valence-corrected chi connectivity index (χ2v) is 2.90. The van der Waals surface area contributed by atoms with E-state index in [-0.39, 0.29) is 0 Å². The van der Waals surface area contributed by atoms with E-state index in [2.05, 4.69) is 4.98 Å². The Balaban J connectivity index is 2.85. The molecule has 0 aliphatic rings. The van der Waals surface area contributed by atoms with Gasteiger partial charge in [-0.1, -0.05) is 11.6 Å². The molecule has 1 nitrogen and oxygen atoms in total. The third kappa shape index (κ3) is 1.80. The van der Waals surface area contributed by atoms with Crippen LogP contribution in [0, 0.1) is 6.92 Å². The van der Waals surface area contributed by atoms with Gasteiger partial charge in [-0.2, -0.15) is 0 Å². The lowest BCUT2D eigenvalue weighted by atomic mass is 10.5. The summed E-state index contributed by atoms with van der Waals surface area (Å²) in [6.45, 7) is 1.97. The van der Waals surface area contributed by atoms with Gasteiger partial charge < -0.3 is 0 Å². The molecule has 0 radical (unpaired) electrons. The second kappa shape index (κ2) is 2.99. The van der Waals surface area contributed by atoms with E-state index in [0.717, 1.165) is 10.7 Å². The van der Waals surface area contributed by atoms with Crippen LogP contribution in [0.25, 0.3) is 6.08 Å². The van der Waals surface area contributed by atoms with Gasteiger partial charge in [0.15, 0.2) is 0 Å². The Kier molecular flexibility index (Phi) is 2.25. The molecule has 0 aromatic carbocycles. The number of aromatic nitrogens is 1. The van der Waals surface area contributed by atoms with Crippen LogP contribution in [0.15, 0.2) is 10.9 Å². The Labute approximate surface area is 63.0 Å². The van der Waals surface area contributed by atoms with Gasteiger partial charge in [-0.05, 0) is 13.0 Å². The van der Waals surface area contributed by atoms with Crippen molar-refractivity contribution < 1.29 is 0 Å². The molecule has 0 N–H and O–H groups in total. The fourth-order valence-corrected chi connectivity index (χ4v) is 1.23. The molecular formula is C6H6ClNS. The van der Waals surface area contributed by atoms with E-state index in [1.807, 2.05) is 12.3 Å². The zero-order valence-electron chi connectivity index (χ0n) is 4.97. The number of thiazole rings is 1. The van der Waals surface area contributed by atoms with Crippen molar-refractivity contribution in [1.29, 1.82) is 0 Å². The lowest BCUT2D eigenvalue weighted by molar-refractivity contribution is 1.28. The van der Waals surface area contributed by atoms with Crippen molar-refractivity contribution in [3.8, 4) is 0 Å². The Morgan fingerprint density at radius 3 is 3.00 bits per heavy atom. The molecule has 1 rings (SSSR count). The quantitative estimate of drug-likeness (QED) is 0.614. The molecule has 0 saturated heterocycles. The number of nitrogens with zero attached hydrogens (tertiary/aromatic N) is 1. The van der Waals surface area contributed by atoms with Crippen LogP contribution in [0.3, 0.4) is 0 Å². The minimum absolute atomic E-state index is 0.938. The van der Waals surface area contributed by atoms with E-state index >= 15 is 0 Å². The van der Waals surface area contributed by atoms with Crippen LogP contribution < -0.4 is 0 Å². The van der Waals surface area contributed by atoms with Crippen molar-refractivity contribution >= 4 is 29.0 Å². The Hall–Kier alpha value is -0.340. The van der Waals surface area contributed by atoms with Crippen LogP contribution in [0.5, 0.6) is 0 Å². The van der Waals surface area contributed by atoms with E-state index in [1.165, 1.54) is 5.54 Å². The Morgan fingerprint density at radius 2 is 2.56 bits per heavy atom. The molecule has 0 aliphatic carbocycles. The van der Waals surface area contributed by atoms with Crippen LogP contribution in [0.2, 0.25) is 0 Å². The summed E-state index contributed by atoms with van der Waals surface area (Å²) in [5.74, 6) is 0. The fourth-order valence-electron chi connectivity index (χ4n) is 0.521. The van der Waals surface area contributed by atoms with Gasteiger partial charge in [-0.25, -0.2) is 4.98 Å². The highest BCUT2D eigenvalue weighted by Gasteiger charge is 1.89. The first-order chi connectivity index (χ1) is 4.33. The van der Waals surface area contributed by atoms with Gasteiger partial charge in [-0.15, -0.1) is 11.3 Å². The molecule has 48 valence electrons. The maximum atomic E-state index is 5.33. The molecule has 0 fully saturated rings. The molecule has 0 aliphatic heterocycles. The number of hydrogen-bond acceptors (Lipinski definition) is 2. The molecular weight excluding hydrogens is 154 g/mol. The van der Waals surface area contributed by atoms with Gasteiger partial charge in [0.05, 0.1) is 10.7 Å². The minimum atomic E-state index is 0.938. The summed E-state index contributed by atoms with van der Waals surface area (Å²) in [7, 11) is 0. The fraction of sp³-hybridized carbons (Fsp3) is 0.167. The predicted octanol–water partition coefficient (Wildman–Crippen LogP) is 2.66. The van der Waals surface area contributed by atoms with Gasteiger partial charge in [0.25, 0.3) is 0 Å². The Morgan fingerprint density at radius 1 is 1.78 bits per heavy atom. The molecule has 3 heteroatoms. The number of halogens is 1. The van der Waals surface area contributed by atoms with Crippen molar-refractivity contribution in [3.63, 3.8) is 0 Å². The van der Waals surface area contributed by atoms with Crippen LogP contribution in [-0.2, 0) is 0 Å². The van der Waals surface area contributed by atoms with E-state index in [4.69, 9.17) is 11.6 Å². The standard InChI is InChI=1S/C6H6ClNS/c1-5-8-6(2-3-7)4-9-5/h2-4H,1H3. The summed E-state index contributed by atoms with van der Waals surface area (Å²) in [5, 5.41) is 3.04. The molecule has 0 unspecified atom stereocenters. The summed E-state index contributed by atoms with van der Waals surface area (Å²) in [5.41, 5.74) is 2.40. The van der Waals surface area contributed by atoms with E-state index in [9.17, 15) is 0 Å². The second-order valence-electron chi connectivity index (χ2n) is 1.58. The topological polar surface area (TPSA) is 12.9 Å². The maximum absolute atomic E-state index is 5.33. The normalized spacial score (nSPS) is 10.9. The molecule has 1 aromatic rings. The van der Waals surface area contributed by atoms with Crippen LogP contribution >= 0.6 is 22.9 Å². The average Bonchev–Trinajstić information content (AvgIpc) is 2.17. The molecule has 1 aromatic heterocycles. The number of aryl methyl sites for hydroxylation is 1. The molecule has 0 amide bonds. The molecule has 1 heterocycles. The largest absolute Gasteiger partial charge is 0.242 e. The highest BCUT2D eigenvalue weighted by atomic mass is 35.5. The van der Waals surface area contributed by atoms with Crippen molar-refractivity contribution in [2.45, 2.75) is 6.92 Å². The lowest BCUT2D eigenvalue weighted by Gasteiger charge is -1.75. The van der Waals surface area contributed by atoms with Crippen LogP contribution in [0.1, 0.15) is 10.7 Å². The van der Waals surface area contributed by atoms with Gasteiger partial charge in [0.2, 0.25) is 0 Å². The molecule has 0 bridgehead atoms. The molecule has 0 spiro atoms. The summed E-state index contributed by atoms with van der Waals surface area (Å²) < 4.78 is 0. The summed E-state index contributed by atoms with van der Waals surface area (Å²) in [4.78, 5) is 4.15. The van der Waals surface area contributed by atoms with E-state index in [0.29, 0.717) is 0 Å². The predicted molar refractivity (Wildman–Crippen MR) is 41.7 cm³/mol. The van der Waals surface area contributed by atoms with E-state index in [1.54, 1.807) is 17.4 Å². The number of rotatable bonds is 1. The summed E-state index contributed by atoms with van der Waals surface area (Å²) >= 11 is 6.95. The molecule has 0 atom stereocenters. The minimum Gasteiger partial charge on any atom is -0.242 e. The van der Waals surface area contributed by atoms with Crippen molar-refractivity contribution in [1.82, 2.24) is 4.98 Å². The summed E-state index contributed by atoms with van der Waals surface area (Å²) in [6.07, 6.45) is 1.77. The molecule has 0 saturated carbocycles. The van der Waals surface area contributed by atoms with Gasteiger partial charge >= 0.3 is 0 Å². The monoisotopic (exact) mass is 159 g/mol. The van der Waals surface area contributed by atoms with Gasteiger partial charge in [0, 0.05) is 10.9 Å².